The molecule has 1 N–H and O–H groups in total. The molecule has 0 aliphatic heterocycles. The molecule has 3 nitrogen and oxygen atoms in total. The van der Waals surface area contributed by atoms with Gasteiger partial charge >= 0.3 is 6.09 Å². The Morgan fingerprint density at radius 2 is 2.45 bits per heavy atom. The summed E-state index contributed by atoms with van der Waals surface area (Å²) in [7, 11) is 1.27. The van der Waals surface area contributed by atoms with Crippen molar-refractivity contribution in [2.45, 2.75) is 11.8 Å². The van der Waals surface area contributed by atoms with Crippen molar-refractivity contribution < 1.29 is 9.53 Å². The van der Waals surface area contributed by atoms with Crippen LogP contribution in [0.4, 0.5) is 4.79 Å². The van der Waals surface area contributed by atoms with Gasteiger partial charge in [0.1, 0.15) is 4.87 Å². The molecule has 0 aromatic heterocycles. The summed E-state index contributed by atoms with van der Waals surface area (Å²) in [5.41, 5.74) is 0. The zero-order valence-corrected chi connectivity index (χ0v) is 7.23. The predicted molar refractivity (Wildman–Crippen MR) is 43.5 cm³/mol. The molecule has 0 aromatic carbocycles. The number of nitrogens with one attached hydrogen (secondary N) is 1. The van der Waals surface area contributed by atoms with E-state index in [1.54, 1.807) is 6.92 Å². The highest BCUT2D eigenvalue weighted by Gasteiger charge is 2.17. The molecule has 0 bridgehead atoms. The Kier molecular flexibility index (Phi) is 3.77. The maximum absolute atomic E-state index is 10.5. The predicted octanol–water partition coefficient (Wildman–Crippen LogP) is 0.973. The average Bonchev–Trinajstić information content (AvgIpc) is 2.00. The van der Waals surface area contributed by atoms with Gasteiger partial charge in [0.2, 0.25) is 0 Å². The summed E-state index contributed by atoms with van der Waals surface area (Å²) in [5.74, 6) is 2.32. The molecular formula is C7H10ClNO2. The molecule has 0 radical (unpaired) electrons. The Hall–Kier alpha value is -0.880. The molecule has 1 atom stereocenters. The zero-order chi connectivity index (χ0) is 8.91. The summed E-state index contributed by atoms with van der Waals surface area (Å²) in [6.07, 6.45) is 4.52. The van der Waals surface area contributed by atoms with Gasteiger partial charge in [-0.2, -0.15) is 0 Å². The summed E-state index contributed by atoms with van der Waals surface area (Å²) in [6, 6.07) is 0. The van der Waals surface area contributed by atoms with E-state index in [1.165, 1.54) is 7.11 Å². The van der Waals surface area contributed by atoms with E-state index in [0.29, 0.717) is 0 Å². The number of alkyl carbamates (subject to hydrolysis) is 1. The molecule has 0 saturated heterocycles. The van der Waals surface area contributed by atoms with Crippen LogP contribution in [0.15, 0.2) is 0 Å². The number of carbonyl (C=O) groups excluding carboxylic acids is 1. The lowest BCUT2D eigenvalue weighted by Gasteiger charge is -2.14. The van der Waals surface area contributed by atoms with Crippen LogP contribution in [0.5, 0.6) is 0 Å². The number of terminal acetylenes is 1. The molecule has 0 saturated carbocycles. The van der Waals surface area contributed by atoms with Gasteiger partial charge in [-0.15, -0.1) is 18.0 Å². The average molecular weight is 176 g/mol. The van der Waals surface area contributed by atoms with Crippen LogP contribution < -0.4 is 5.32 Å². The molecule has 0 unspecified atom stereocenters. The molecule has 4 heteroatoms. The minimum Gasteiger partial charge on any atom is -0.453 e. The van der Waals surface area contributed by atoms with Crippen LogP contribution >= 0.6 is 11.6 Å². The normalized spacial score (nSPS) is 14.4. The van der Waals surface area contributed by atoms with Gasteiger partial charge in [-0.3, -0.25) is 0 Å². The lowest BCUT2D eigenvalue weighted by Crippen LogP contribution is -2.35. The largest absolute Gasteiger partial charge is 0.453 e. The van der Waals surface area contributed by atoms with Crippen molar-refractivity contribution in [2.24, 2.45) is 0 Å². The summed E-state index contributed by atoms with van der Waals surface area (Å²) < 4.78 is 4.31. The second-order valence-corrected chi connectivity index (χ2v) is 3.02. The Morgan fingerprint density at radius 1 is 1.91 bits per heavy atom. The smallest absolute Gasteiger partial charge is 0.406 e. The maximum Gasteiger partial charge on any atom is 0.406 e. The molecule has 0 aliphatic rings. The van der Waals surface area contributed by atoms with E-state index in [0.717, 1.165) is 0 Å². The van der Waals surface area contributed by atoms with Crippen LogP contribution in [0.1, 0.15) is 6.92 Å². The highest BCUT2D eigenvalue weighted by Crippen LogP contribution is 2.09. The fraction of sp³-hybridized carbons (Fsp3) is 0.571. The lowest BCUT2D eigenvalue weighted by atomic mass is 10.2. The van der Waals surface area contributed by atoms with Crippen molar-refractivity contribution in [3.63, 3.8) is 0 Å². The molecule has 1 amide bonds. The van der Waals surface area contributed by atoms with Crippen LogP contribution in [-0.4, -0.2) is 24.6 Å². The Bertz CT molecular complexity index is 183. The fourth-order valence-electron chi connectivity index (χ4n) is 0.361. The number of rotatable bonds is 2. The summed E-state index contributed by atoms with van der Waals surface area (Å²) in [4.78, 5) is 9.67. The van der Waals surface area contributed by atoms with Crippen molar-refractivity contribution in [1.82, 2.24) is 5.32 Å². The van der Waals surface area contributed by atoms with E-state index in [4.69, 9.17) is 18.0 Å². The van der Waals surface area contributed by atoms with Crippen LogP contribution in [0.3, 0.4) is 0 Å². The first-order chi connectivity index (χ1) is 5.02. The van der Waals surface area contributed by atoms with Crippen LogP contribution in [0, 0.1) is 12.3 Å². The number of halogens is 1. The number of hydrogen-bond acceptors (Lipinski definition) is 2. The molecule has 0 aromatic rings. The van der Waals surface area contributed by atoms with Gasteiger partial charge in [-0.05, 0) is 6.92 Å². The van der Waals surface area contributed by atoms with Crippen LogP contribution in [-0.2, 0) is 4.74 Å². The van der Waals surface area contributed by atoms with Crippen molar-refractivity contribution in [1.29, 1.82) is 0 Å². The van der Waals surface area contributed by atoms with Gasteiger partial charge in [-0.25, -0.2) is 4.79 Å². The van der Waals surface area contributed by atoms with Gasteiger partial charge in [0.15, 0.2) is 0 Å². The number of alkyl halides is 1. The summed E-state index contributed by atoms with van der Waals surface area (Å²) in [6.45, 7) is 1.82. The van der Waals surface area contributed by atoms with E-state index in [1.807, 2.05) is 0 Å². The minimum atomic E-state index is -0.839. The summed E-state index contributed by atoms with van der Waals surface area (Å²) in [5, 5.41) is 2.39. The topological polar surface area (TPSA) is 38.3 Å². The minimum absolute atomic E-state index is 0.192. The Balaban J connectivity index is 3.72. The molecule has 62 valence electrons. The highest BCUT2D eigenvalue weighted by atomic mass is 35.5. The van der Waals surface area contributed by atoms with E-state index in [2.05, 4.69) is 16.0 Å². The van der Waals surface area contributed by atoms with E-state index in [-0.39, 0.29) is 6.54 Å². The maximum atomic E-state index is 10.5. The first kappa shape index (κ1) is 10.1. The molecule has 0 rings (SSSR count). The molecule has 0 heterocycles. The van der Waals surface area contributed by atoms with Crippen LogP contribution in [0.2, 0.25) is 0 Å². The van der Waals surface area contributed by atoms with Crippen molar-refractivity contribution in [3.8, 4) is 12.3 Å². The number of hydrogen-bond donors (Lipinski definition) is 1. The van der Waals surface area contributed by atoms with Crippen LogP contribution in [0.25, 0.3) is 0 Å². The summed E-state index contributed by atoms with van der Waals surface area (Å²) >= 11 is 5.72. The monoisotopic (exact) mass is 175 g/mol. The van der Waals surface area contributed by atoms with E-state index < -0.39 is 11.0 Å². The lowest BCUT2D eigenvalue weighted by molar-refractivity contribution is 0.170. The van der Waals surface area contributed by atoms with Gasteiger partial charge in [-0.1, -0.05) is 5.92 Å². The number of methoxy groups -OCH3 is 1. The molecule has 11 heavy (non-hydrogen) atoms. The second kappa shape index (κ2) is 4.09. The third kappa shape index (κ3) is 4.51. The third-order valence-electron chi connectivity index (χ3n) is 1.05. The standard InChI is InChI=1S/C7H10ClNO2/c1-4-7(2,8)5-9-6(10)11-3/h1H,5H2,2-3H3,(H,9,10)/t7-/m1/s1. The fourth-order valence-corrected chi connectivity index (χ4v) is 0.428. The molecule has 0 fully saturated rings. The Morgan fingerprint density at radius 3 is 2.82 bits per heavy atom. The van der Waals surface area contributed by atoms with Gasteiger partial charge < -0.3 is 10.1 Å². The SMILES string of the molecule is C#C[C@@](C)(Cl)CNC(=O)OC. The molecule has 0 aliphatic carbocycles. The van der Waals surface area contributed by atoms with Crippen molar-refractivity contribution in [2.75, 3.05) is 13.7 Å². The highest BCUT2D eigenvalue weighted by molar-refractivity contribution is 6.26. The van der Waals surface area contributed by atoms with Gasteiger partial charge in [0.25, 0.3) is 0 Å². The van der Waals surface area contributed by atoms with E-state index >= 15 is 0 Å². The van der Waals surface area contributed by atoms with E-state index in [9.17, 15) is 4.79 Å². The Labute approximate surface area is 71.1 Å². The number of ether oxygens (including phenoxy) is 1. The second-order valence-electron chi connectivity index (χ2n) is 2.19. The zero-order valence-electron chi connectivity index (χ0n) is 6.48. The first-order valence-corrected chi connectivity index (χ1v) is 3.38. The number of amides is 1. The van der Waals surface area contributed by atoms with Gasteiger partial charge in [0, 0.05) is 0 Å². The van der Waals surface area contributed by atoms with Crippen molar-refractivity contribution in [3.05, 3.63) is 0 Å². The third-order valence-corrected chi connectivity index (χ3v) is 1.29. The van der Waals surface area contributed by atoms with Gasteiger partial charge in [0.05, 0.1) is 13.7 Å². The first-order valence-electron chi connectivity index (χ1n) is 3.00. The van der Waals surface area contributed by atoms with Crippen molar-refractivity contribution >= 4 is 17.7 Å². The molecular weight excluding hydrogens is 166 g/mol. The quantitative estimate of drug-likeness (QED) is 0.502. The molecule has 0 spiro atoms. The number of carbonyl (C=O) groups is 1.